The molecule has 0 aromatic heterocycles. The first-order valence-electron chi connectivity index (χ1n) is 6.67. The van der Waals surface area contributed by atoms with Crippen LogP contribution in [0.25, 0.3) is 5.53 Å². The summed E-state index contributed by atoms with van der Waals surface area (Å²) in [6, 6.07) is 7.13. The molecule has 2 rings (SSSR count). The van der Waals surface area contributed by atoms with Crippen LogP contribution in [0.5, 0.6) is 0 Å². The van der Waals surface area contributed by atoms with Crippen LogP contribution in [0, 0.1) is 0 Å². The van der Waals surface area contributed by atoms with E-state index in [1.165, 1.54) is 24.3 Å². The van der Waals surface area contributed by atoms with E-state index in [9.17, 15) is 16.8 Å². The number of hydrogen-bond donors (Lipinski definition) is 0. The highest BCUT2D eigenvalue weighted by molar-refractivity contribution is 8.31. The third-order valence-electron chi connectivity index (χ3n) is 3.60. The summed E-state index contributed by atoms with van der Waals surface area (Å²) in [5.41, 5.74) is 9.02. The summed E-state index contributed by atoms with van der Waals surface area (Å²) in [5.74, 6) is 0. The van der Waals surface area contributed by atoms with Gasteiger partial charge in [-0.1, -0.05) is 37.5 Å². The van der Waals surface area contributed by atoms with Gasteiger partial charge in [0.05, 0.1) is 10.1 Å². The normalized spacial score (nSPS) is 17.1. The molecule has 1 aromatic carbocycles. The molecule has 8 heteroatoms. The Balaban J connectivity index is 2.47. The van der Waals surface area contributed by atoms with Crippen molar-refractivity contribution in [3.63, 3.8) is 0 Å². The number of nitrogens with zero attached hydrogens (tertiary/aromatic N) is 2. The monoisotopic (exact) mass is 328 g/mol. The van der Waals surface area contributed by atoms with Gasteiger partial charge in [-0.15, -0.1) is 4.79 Å². The lowest BCUT2D eigenvalue weighted by Crippen LogP contribution is -2.35. The predicted molar refractivity (Wildman–Crippen MR) is 78.0 cm³/mol. The van der Waals surface area contributed by atoms with Crippen LogP contribution in [-0.2, 0) is 19.7 Å². The molecule has 1 fully saturated rings. The van der Waals surface area contributed by atoms with Crippen molar-refractivity contribution in [2.75, 3.05) is 0 Å². The first-order chi connectivity index (χ1) is 9.90. The Morgan fingerprint density at radius 1 is 1.00 bits per heavy atom. The van der Waals surface area contributed by atoms with Gasteiger partial charge in [-0.05, 0) is 25.0 Å². The van der Waals surface area contributed by atoms with Gasteiger partial charge in [-0.2, -0.15) is 0 Å². The highest BCUT2D eigenvalue weighted by Gasteiger charge is 2.47. The van der Waals surface area contributed by atoms with Crippen molar-refractivity contribution >= 4 is 24.1 Å². The van der Waals surface area contributed by atoms with Crippen molar-refractivity contribution in [3.8, 4) is 0 Å². The molecular weight excluding hydrogens is 312 g/mol. The molecule has 6 nitrogen and oxygen atoms in total. The Bertz CT molecular complexity index is 758. The fourth-order valence-corrected chi connectivity index (χ4v) is 6.58. The van der Waals surface area contributed by atoms with Crippen molar-refractivity contribution in [2.24, 2.45) is 0 Å². The molecule has 114 valence electrons. The van der Waals surface area contributed by atoms with E-state index >= 15 is 0 Å². The van der Waals surface area contributed by atoms with Gasteiger partial charge in [0.25, 0.3) is 19.7 Å². The Morgan fingerprint density at radius 2 is 1.57 bits per heavy atom. The maximum absolute atomic E-state index is 12.5. The third-order valence-corrected chi connectivity index (χ3v) is 8.31. The number of sulfone groups is 2. The quantitative estimate of drug-likeness (QED) is 0.357. The zero-order valence-electron chi connectivity index (χ0n) is 11.3. The van der Waals surface area contributed by atoms with Crippen LogP contribution in [0.2, 0.25) is 0 Å². The molecule has 1 aliphatic carbocycles. The van der Waals surface area contributed by atoms with E-state index in [4.69, 9.17) is 5.53 Å². The van der Waals surface area contributed by atoms with Gasteiger partial charge in [-0.3, -0.25) is 0 Å². The van der Waals surface area contributed by atoms with Crippen LogP contribution in [-0.4, -0.2) is 31.3 Å². The second-order valence-corrected chi connectivity index (χ2v) is 9.25. The van der Waals surface area contributed by atoms with Crippen LogP contribution in [0.4, 0.5) is 0 Å². The summed E-state index contributed by atoms with van der Waals surface area (Å²) < 4.78 is 48.6. The number of hydrogen-bond acceptors (Lipinski definition) is 4. The molecule has 0 radical (unpaired) electrons. The molecule has 0 aliphatic heterocycles. The molecule has 21 heavy (non-hydrogen) atoms. The Kier molecular flexibility index (Phi) is 4.61. The molecule has 1 aromatic rings. The fraction of sp³-hybridized carbons (Fsp3) is 0.462. The Hall–Kier alpha value is -1.50. The minimum atomic E-state index is -4.35. The maximum Gasteiger partial charge on any atom is 0.499 e. The highest BCUT2D eigenvalue weighted by atomic mass is 32.3. The standard InChI is InChI=1S/C13H16N2O4S2/c14-15-13(20(16,17)11-7-3-1-4-8-11)21(18,19)12-9-5-2-6-10-12/h1,3-4,7-8,12H,2,5-6,9-10H2. The molecule has 0 spiro atoms. The van der Waals surface area contributed by atoms with E-state index < -0.39 is 29.3 Å². The fourth-order valence-electron chi connectivity index (χ4n) is 2.48. The van der Waals surface area contributed by atoms with E-state index in [0.29, 0.717) is 12.8 Å². The van der Waals surface area contributed by atoms with E-state index in [0.717, 1.165) is 19.3 Å². The Morgan fingerprint density at radius 3 is 2.10 bits per heavy atom. The van der Waals surface area contributed by atoms with E-state index in [1.54, 1.807) is 6.07 Å². The van der Waals surface area contributed by atoms with Crippen LogP contribution in [0.3, 0.4) is 0 Å². The molecule has 0 bridgehead atoms. The summed E-state index contributed by atoms with van der Waals surface area (Å²) in [5, 5.41) is -0.796. The molecule has 0 unspecified atom stereocenters. The molecule has 0 heterocycles. The molecule has 0 N–H and O–H groups in total. The zero-order valence-corrected chi connectivity index (χ0v) is 13.0. The van der Waals surface area contributed by atoms with E-state index in [2.05, 4.69) is 4.79 Å². The summed E-state index contributed by atoms with van der Waals surface area (Å²) in [4.78, 5) is 2.43. The van der Waals surface area contributed by atoms with E-state index in [1.807, 2.05) is 0 Å². The summed E-state index contributed by atoms with van der Waals surface area (Å²) >= 11 is 0. The lowest BCUT2D eigenvalue weighted by molar-refractivity contribution is 0.00370. The topological polar surface area (TPSA) is 105 Å². The van der Waals surface area contributed by atoms with Crippen LogP contribution in [0.1, 0.15) is 32.1 Å². The predicted octanol–water partition coefficient (Wildman–Crippen LogP) is 1.79. The smallest absolute Gasteiger partial charge is 0.359 e. The van der Waals surface area contributed by atoms with Crippen LogP contribution >= 0.6 is 0 Å². The minimum absolute atomic E-state index is 0.197. The number of benzene rings is 1. The third kappa shape index (κ3) is 3.07. The van der Waals surface area contributed by atoms with Crippen molar-refractivity contribution in [3.05, 3.63) is 35.9 Å². The summed E-state index contributed by atoms with van der Waals surface area (Å²) in [7, 11) is -8.51. The minimum Gasteiger partial charge on any atom is -0.359 e. The van der Waals surface area contributed by atoms with Crippen LogP contribution in [0.15, 0.2) is 35.2 Å². The lowest BCUT2D eigenvalue weighted by Gasteiger charge is -2.19. The molecule has 0 saturated heterocycles. The van der Waals surface area contributed by atoms with Gasteiger partial charge >= 0.3 is 4.38 Å². The lowest BCUT2D eigenvalue weighted by atomic mass is 10.0. The van der Waals surface area contributed by atoms with Gasteiger partial charge in [-0.25, -0.2) is 16.8 Å². The van der Waals surface area contributed by atoms with Gasteiger partial charge in [0, 0.05) is 0 Å². The highest BCUT2D eigenvalue weighted by Crippen LogP contribution is 2.27. The van der Waals surface area contributed by atoms with Gasteiger partial charge in [0.15, 0.2) is 0 Å². The average Bonchev–Trinajstić information content (AvgIpc) is 2.49. The second kappa shape index (κ2) is 6.09. The van der Waals surface area contributed by atoms with Gasteiger partial charge < -0.3 is 5.53 Å². The van der Waals surface area contributed by atoms with Gasteiger partial charge in [0.2, 0.25) is 0 Å². The van der Waals surface area contributed by atoms with E-state index in [-0.39, 0.29) is 4.90 Å². The first kappa shape index (κ1) is 15.9. The molecule has 0 amide bonds. The Labute approximate surface area is 124 Å². The molecule has 1 aliphatic rings. The van der Waals surface area contributed by atoms with Crippen molar-refractivity contribution in [1.29, 1.82) is 0 Å². The zero-order chi connectivity index (χ0) is 15.5. The maximum atomic E-state index is 12.5. The van der Waals surface area contributed by atoms with Crippen molar-refractivity contribution in [1.82, 2.24) is 0 Å². The molecule has 0 atom stereocenters. The van der Waals surface area contributed by atoms with Crippen LogP contribution < -0.4 is 0 Å². The van der Waals surface area contributed by atoms with Crippen molar-refractivity contribution < 1.29 is 21.6 Å². The van der Waals surface area contributed by atoms with Crippen molar-refractivity contribution in [2.45, 2.75) is 42.2 Å². The first-order valence-corrected chi connectivity index (χ1v) is 9.70. The summed E-state index contributed by atoms with van der Waals surface area (Å²) in [6.07, 6.45) is 3.18. The molecule has 1 saturated carbocycles. The largest absolute Gasteiger partial charge is 0.499 e. The number of rotatable bonds is 2. The summed E-state index contributed by atoms with van der Waals surface area (Å²) in [6.45, 7) is 0. The SMILES string of the molecule is [N-]=[N+]=C(S(=O)(=O)c1ccccc1)S(=O)(=O)C1CCCCC1. The molecular formula is C13H16N2O4S2. The second-order valence-electron chi connectivity index (χ2n) is 4.99. The average molecular weight is 328 g/mol. The van der Waals surface area contributed by atoms with Gasteiger partial charge in [0.1, 0.15) is 0 Å².